The van der Waals surface area contributed by atoms with Gasteiger partial charge in [-0.05, 0) is 74.4 Å². The number of nitrogens with zero attached hydrogens (tertiary/aromatic N) is 2. The normalized spacial score (nSPS) is 23.0. The number of benzene rings is 1. The molecule has 2 aliphatic rings. The zero-order chi connectivity index (χ0) is 21.8. The van der Waals surface area contributed by atoms with Gasteiger partial charge < -0.3 is 19.8 Å². The zero-order valence-electron chi connectivity index (χ0n) is 18.1. The number of hydrogen-bond acceptors (Lipinski definition) is 6. The molecular formula is C24H32N2O4S. The van der Waals surface area contributed by atoms with E-state index < -0.39 is 12.1 Å². The second kappa shape index (κ2) is 10.2. The van der Waals surface area contributed by atoms with Crippen molar-refractivity contribution < 1.29 is 19.7 Å². The summed E-state index contributed by atoms with van der Waals surface area (Å²) in [5, 5.41) is 22.5. The topological polar surface area (TPSA) is 82.9 Å². The maximum atomic E-state index is 11.9. The number of carboxylic acid groups (broad SMARTS) is 1. The van der Waals surface area contributed by atoms with E-state index in [4.69, 9.17) is 4.74 Å². The number of aromatic nitrogens is 1. The number of aliphatic hydroxyl groups excluding tert-OH is 1. The summed E-state index contributed by atoms with van der Waals surface area (Å²) < 4.78 is 5.33. The minimum Gasteiger partial charge on any atom is -0.497 e. The molecule has 6 nitrogen and oxygen atoms in total. The summed E-state index contributed by atoms with van der Waals surface area (Å²) in [4.78, 5) is 18.6. The average Bonchev–Trinajstić information content (AvgIpc) is 3.61. The Kier molecular flexibility index (Phi) is 7.35. The first-order valence-corrected chi connectivity index (χ1v) is 12.3. The highest BCUT2D eigenvalue weighted by molar-refractivity contribution is 8.00. The van der Waals surface area contributed by atoms with Gasteiger partial charge >= 0.3 is 5.97 Å². The van der Waals surface area contributed by atoms with E-state index in [9.17, 15) is 15.0 Å². The monoisotopic (exact) mass is 444 g/mol. The Morgan fingerprint density at radius 2 is 2.16 bits per heavy atom. The van der Waals surface area contributed by atoms with Crippen LogP contribution in [0.15, 0.2) is 30.5 Å². The molecule has 4 rings (SSSR count). The molecule has 2 N–H and O–H groups in total. The van der Waals surface area contributed by atoms with Gasteiger partial charge in [-0.1, -0.05) is 0 Å². The molecule has 2 fully saturated rings. The molecule has 0 spiro atoms. The van der Waals surface area contributed by atoms with Gasteiger partial charge in [0.15, 0.2) is 0 Å². The van der Waals surface area contributed by atoms with Crippen molar-refractivity contribution in [3.8, 4) is 5.75 Å². The number of aliphatic hydroxyl groups is 1. The minimum absolute atomic E-state index is 0.0992. The average molecular weight is 445 g/mol. The number of rotatable bonds is 10. The second-order valence-electron chi connectivity index (χ2n) is 8.74. The first-order chi connectivity index (χ1) is 15.0. The van der Waals surface area contributed by atoms with Gasteiger partial charge in [-0.15, -0.1) is 0 Å². The number of carbonyl (C=O) groups is 1. The van der Waals surface area contributed by atoms with Crippen molar-refractivity contribution in [2.45, 2.75) is 43.5 Å². The van der Waals surface area contributed by atoms with Crippen molar-refractivity contribution >= 4 is 28.6 Å². The largest absolute Gasteiger partial charge is 0.497 e. The number of aliphatic carboxylic acids is 1. The number of ether oxygens (including phenoxy) is 1. The Labute approximate surface area is 188 Å². The number of likely N-dealkylation sites (tertiary alicyclic amines) is 1. The predicted molar refractivity (Wildman–Crippen MR) is 124 cm³/mol. The molecule has 1 aliphatic carbocycles. The summed E-state index contributed by atoms with van der Waals surface area (Å²) in [5.41, 5.74) is 1.64. The number of carboxylic acids is 1. The first-order valence-electron chi connectivity index (χ1n) is 11.2. The summed E-state index contributed by atoms with van der Waals surface area (Å²) in [7, 11) is 1.62. The Morgan fingerprint density at radius 3 is 2.90 bits per heavy atom. The van der Waals surface area contributed by atoms with E-state index in [-0.39, 0.29) is 11.8 Å². The summed E-state index contributed by atoms with van der Waals surface area (Å²) in [5.74, 6) is 0.854. The molecule has 1 aromatic heterocycles. The molecule has 1 saturated carbocycles. The first kappa shape index (κ1) is 22.4. The quantitative estimate of drug-likeness (QED) is 0.574. The summed E-state index contributed by atoms with van der Waals surface area (Å²) in [6.07, 6.45) is 5.87. The molecule has 31 heavy (non-hydrogen) atoms. The number of piperidine rings is 1. The fourth-order valence-electron chi connectivity index (χ4n) is 4.57. The van der Waals surface area contributed by atoms with E-state index in [1.807, 2.05) is 36.0 Å². The maximum Gasteiger partial charge on any atom is 0.308 e. The zero-order valence-corrected chi connectivity index (χ0v) is 18.9. The van der Waals surface area contributed by atoms with Gasteiger partial charge in [0.25, 0.3) is 0 Å². The SMILES string of the molecule is COc1ccc2nccc([C@H](O)CC[C@@H]3CCN(CCSC4CC4)C[C@@H]3C(=O)O)c2c1. The van der Waals surface area contributed by atoms with Crippen molar-refractivity contribution in [3.63, 3.8) is 0 Å². The van der Waals surface area contributed by atoms with E-state index >= 15 is 0 Å². The fourth-order valence-corrected chi connectivity index (χ4v) is 5.74. The molecule has 0 unspecified atom stereocenters. The van der Waals surface area contributed by atoms with Gasteiger partial charge in [-0.2, -0.15) is 11.8 Å². The summed E-state index contributed by atoms with van der Waals surface area (Å²) in [6.45, 7) is 2.55. The second-order valence-corrected chi connectivity index (χ2v) is 10.1. The molecule has 0 bridgehead atoms. The Balaban J connectivity index is 1.36. The lowest BCUT2D eigenvalue weighted by Gasteiger charge is -2.37. The lowest BCUT2D eigenvalue weighted by atomic mass is 9.81. The van der Waals surface area contributed by atoms with E-state index in [0.717, 1.165) is 52.7 Å². The van der Waals surface area contributed by atoms with Crippen LogP contribution >= 0.6 is 11.8 Å². The highest BCUT2D eigenvalue weighted by atomic mass is 32.2. The van der Waals surface area contributed by atoms with Crippen molar-refractivity contribution in [1.29, 1.82) is 0 Å². The van der Waals surface area contributed by atoms with E-state index in [0.29, 0.717) is 19.4 Å². The van der Waals surface area contributed by atoms with Crippen LogP contribution in [0.2, 0.25) is 0 Å². The van der Waals surface area contributed by atoms with Gasteiger partial charge in [0.2, 0.25) is 0 Å². The molecule has 168 valence electrons. The van der Waals surface area contributed by atoms with Gasteiger partial charge in [0.1, 0.15) is 5.75 Å². The lowest BCUT2D eigenvalue weighted by molar-refractivity contribution is -0.146. The number of pyridine rings is 1. The minimum atomic E-state index is -0.710. The smallest absolute Gasteiger partial charge is 0.308 e. The van der Waals surface area contributed by atoms with E-state index in [2.05, 4.69) is 9.88 Å². The van der Waals surface area contributed by atoms with Gasteiger partial charge in [-0.3, -0.25) is 9.78 Å². The highest BCUT2D eigenvalue weighted by Gasteiger charge is 2.34. The van der Waals surface area contributed by atoms with Crippen LogP contribution in [0.1, 0.15) is 43.8 Å². The van der Waals surface area contributed by atoms with E-state index in [1.165, 1.54) is 12.8 Å². The number of hydrogen-bond donors (Lipinski definition) is 2. The van der Waals surface area contributed by atoms with Crippen molar-refractivity contribution in [1.82, 2.24) is 9.88 Å². The maximum absolute atomic E-state index is 11.9. The molecule has 0 radical (unpaired) electrons. The molecular weight excluding hydrogens is 412 g/mol. The molecule has 1 aromatic carbocycles. The van der Waals surface area contributed by atoms with Gasteiger partial charge in [0, 0.05) is 35.7 Å². The predicted octanol–water partition coefficient (Wildman–Crippen LogP) is 3.98. The fraction of sp³-hybridized carbons (Fsp3) is 0.583. The molecule has 3 atom stereocenters. The molecule has 2 aromatic rings. The third-order valence-corrected chi connectivity index (χ3v) is 7.96. The van der Waals surface area contributed by atoms with Crippen LogP contribution in [-0.4, -0.2) is 63.8 Å². The number of methoxy groups -OCH3 is 1. The summed E-state index contributed by atoms with van der Waals surface area (Å²) >= 11 is 2.03. The van der Waals surface area contributed by atoms with Crippen molar-refractivity contribution in [2.75, 3.05) is 32.5 Å². The molecule has 0 amide bonds. The highest BCUT2D eigenvalue weighted by Crippen LogP contribution is 2.35. The van der Waals surface area contributed by atoms with E-state index in [1.54, 1.807) is 13.3 Å². The van der Waals surface area contributed by atoms with Crippen LogP contribution in [-0.2, 0) is 4.79 Å². The standard InChI is InChI=1S/C24H32N2O4S/c1-30-17-3-6-22-20(14-17)19(8-10-25-22)23(27)7-2-16-9-11-26(15-21(16)24(28)29)12-13-31-18-4-5-18/h3,6,8,10,14,16,18,21,23,27H,2,4-5,7,9,11-13,15H2,1H3,(H,28,29)/t16-,21+,23-/m1/s1. The Bertz CT molecular complexity index is 904. The number of fused-ring (bicyclic) bond motifs is 1. The van der Waals surface area contributed by atoms with Gasteiger partial charge in [-0.25, -0.2) is 0 Å². The van der Waals surface area contributed by atoms with Crippen LogP contribution in [0.4, 0.5) is 0 Å². The van der Waals surface area contributed by atoms with Crippen molar-refractivity contribution in [3.05, 3.63) is 36.0 Å². The third-order valence-electron chi connectivity index (χ3n) is 6.60. The van der Waals surface area contributed by atoms with Crippen LogP contribution in [0, 0.1) is 11.8 Å². The third kappa shape index (κ3) is 5.70. The van der Waals surface area contributed by atoms with Crippen molar-refractivity contribution in [2.24, 2.45) is 11.8 Å². The Morgan fingerprint density at radius 1 is 1.32 bits per heavy atom. The molecule has 1 aliphatic heterocycles. The summed E-state index contributed by atoms with van der Waals surface area (Å²) in [6, 6.07) is 7.50. The van der Waals surface area contributed by atoms with Crippen LogP contribution in [0.5, 0.6) is 5.75 Å². The van der Waals surface area contributed by atoms with Crippen LogP contribution in [0.3, 0.4) is 0 Å². The molecule has 2 heterocycles. The van der Waals surface area contributed by atoms with Gasteiger partial charge in [0.05, 0.1) is 24.6 Å². The number of thioether (sulfide) groups is 1. The molecule has 7 heteroatoms. The van der Waals surface area contributed by atoms with Crippen LogP contribution < -0.4 is 4.74 Å². The molecule has 1 saturated heterocycles. The Hall–Kier alpha value is -1.83. The lowest BCUT2D eigenvalue weighted by Crippen LogP contribution is -2.44. The van der Waals surface area contributed by atoms with Crippen LogP contribution in [0.25, 0.3) is 10.9 Å².